The van der Waals surface area contributed by atoms with Gasteiger partial charge in [0.15, 0.2) is 22.5 Å². The van der Waals surface area contributed by atoms with Gasteiger partial charge in [0.1, 0.15) is 24.2 Å². The van der Waals surface area contributed by atoms with Crippen LogP contribution in [0.1, 0.15) is 5.76 Å². The van der Waals surface area contributed by atoms with E-state index in [1.165, 1.54) is 0 Å². The average Bonchev–Trinajstić information content (AvgIpc) is 3.48. The number of furan rings is 1. The summed E-state index contributed by atoms with van der Waals surface area (Å²) in [4.78, 5) is 0. The van der Waals surface area contributed by atoms with Gasteiger partial charge in [0.05, 0.1) is 19.9 Å². The Hall–Kier alpha value is -3.39. The van der Waals surface area contributed by atoms with Crippen molar-refractivity contribution in [1.29, 1.82) is 0 Å². The molecule has 2 aromatic carbocycles. The molecule has 0 N–H and O–H groups in total. The number of para-hydroxylation sites is 2. The van der Waals surface area contributed by atoms with Gasteiger partial charge in [-0.3, -0.25) is 4.57 Å². The summed E-state index contributed by atoms with van der Waals surface area (Å²) < 4.78 is 24.9. The van der Waals surface area contributed by atoms with Crippen LogP contribution in [0.25, 0.3) is 11.4 Å². The standard InChI is InChI=1S/C23H21N3O4S/c1-27-17-7-4-6-16(12-17)22-24-25-23(26(22)13-18-8-5-11-28-18)31-15-19-14-29-20-9-2-3-10-21(20)30-19/h2-12,19H,13-15H2,1H3/t19-/m1/s1. The van der Waals surface area contributed by atoms with Crippen LogP contribution in [0.15, 0.2) is 76.5 Å². The van der Waals surface area contributed by atoms with Crippen LogP contribution < -0.4 is 14.2 Å². The largest absolute Gasteiger partial charge is 0.497 e. The van der Waals surface area contributed by atoms with Gasteiger partial charge < -0.3 is 18.6 Å². The molecule has 31 heavy (non-hydrogen) atoms. The van der Waals surface area contributed by atoms with Gasteiger partial charge in [-0.15, -0.1) is 10.2 Å². The molecular formula is C23H21N3O4S. The fourth-order valence-corrected chi connectivity index (χ4v) is 4.29. The second-order valence-corrected chi connectivity index (χ2v) is 8.00. The van der Waals surface area contributed by atoms with Gasteiger partial charge in [-0.1, -0.05) is 36.0 Å². The summed E-state index contributed by atoms with van der Waals surface area (Å²) in [5.74, 6) is 4.59. The van der Waals surface area contributed by atoms with E-state index in [0.717, 1.165) is 39.6 Å². The van der Waals surface area contributed by atoms with E-state index in [-0.39, 0.29) is 6.10 Å². The highest BCUT2D eigenvalue weighted by Gasteiger charge is 2.23. The summed E-state index contributed by atoms with van der Waals surface area (Å²) in [6.07, 6.45) is 1.59. The molecule has 8 heteroatoms. The zero-order valence-electron chi connectivity index (χ0n) is 16.9. The molecule has 158 valence electrons. The smallest absolute Gasteiger partial charge is 0.192 e. The third-order valence-corrected chi connectivity index (χ3v) is 6.00. The summed E-state index contributed by atoms with van der Waals surface area (Å²) in [7, 11) is 1.65. The average molecular weight is 436 g/mol. The minimum Gasteiger partial charge on any atom is -0.497 e. The molecule has 0 aliphatic carbocycles. The van der Waals surface area contributed by atoms with Gasteiger partial charge in [-0.2, -0.15) is 0 Å². The van der Waals surface area contributed by atoms with Crippen molar-refractivity contribution >= 4 is 11.8 Å². The summed E-state index contributed by atoms with van der Waals surface area (Å²) in [6.45, 7) is 1.03. The molecule has 0 radical (unpaired) electrons. The topological polar surface area (TPSA) is 71.5 Å². The highest BCUT2D eigenvalue weighted by molar-refractivity contribution is 7.99. The number of aromatic nitrogens is 3. The van der Waals surface area contributed by atoms with Gasteiger partial charge in [-0.05, 0) is 36.4 Å². The van der Waals surface area contributed by atoms with Crippen LogP contribution in [0, 0.1) is 0 Å². The number of hydrogen-bond acceptors (Lipinski definition) is 7. The van der Waals surface area contributed by atoms with Crippen LogP contribution in [-0.4, -0.2) is 40.3 Å². The lowest BCUT2D eigenvalue weighted by Gasteiger charge is -2.26. The molecule has 0 fully saturated rings. The van der Waals surface area contributed by atoms with E-state index in [9.17, 15) is 0 Å². The monoisotopic (exact) mass is 435 g/mol. The van der Waals surface area contributed by atoms with E-state index >= 15 is 0 Å². The van der Waals surface area contributed by atoms with Crippen molar-refractivity contribution in [1.82, 2.24) is 14.8 Å². The number of rotatable bonds is 7. The van der Waals surface area contributed by atoms with E-state index < -0.39 is 0 Å². The first-order valence-electron chi connectivity index (χ1n) is 9.91. The Bertz CT molecular complexity index is 1160. The van der Waals surface area contributed by atoms with E-state index in [4.69, 9.17) is 18.6 Å². The van der Waals surface area contributed by atoms with E-state index in [1.54, 1.807) is 25.1 Å². The van der Waals surface area contributed by atoms with Crippen molar-refractivity contribution in [2.75, 3.05) is 19.5 Å². The van der Waals surface area contributed by atoms with E-state index in [1.807, 2.05) is 60.7 Å². The Balaban J connectivity index is 1.38. The van der Waals surface area contributed by atoms with Crippen LogP contribution in [-0.2, 0) is 6.54 Å². The lowest BCUT2D eigenvalue weighted by molar-refractivity contribution is 0.107. The van der Waals surface area contributed by atoms with Gasteiger partial charge >= 0.3 is 0 Å². The normalized spacial score (nSPS) is 15.1. The minimum absolute atomic E-state index is 0.0751. The Morgan fingerprint density at radius 2 is 1.97 bits per heavy atom. The molecule has 0 saturated heterocycles. The summed E-state index contributed by atoms with van der Waals surface area (Å²) >= 11 is 1.59. The maximum absolute atomic E-state index is 6.08. The lowest BCUT2D eigenvalue weighted by atomic mass is 10.2. The number of nitrogens with zero attached hydrogens (tertiary/aromatic N) is 3. The fraction of sp³-hybridized carbons (Fsp3) is 0.217. The molecular weight excluding hydrogens is 414 g/mol. The quantitative estimate of drug-likeness (QED) is 0.395. The SMILES string of the molecule is COc1cccc(-c2nnc(SC[C@H]3COc4ccccc4O3)n2Cc2ccco2)c1. The lowest BCUT2D eigenvalue weighted by Crippen LogP contribution is -2.31. The Labute approximate surface area is 184 Å². The van der Waals surface area contributed by atoms with Gasteiger partial charge in [0, 0.05) is 11.3 Å². The maximum atomic E-state index is 6.08. The Morgan fingerprint density at radius 1 is 1.06 bits per heavy atom. The number of hydrogen-bond donors (Lipinski definition) is 0. The molecule has 4 aromatic rings. The molecule has 1 aliphatic heterocycles. The van der Waals surface area contributed by atoms with Gasteiger partial charge in [0.2, 0.25) is 0 Å². The molecule has 1 atom stereocenters. The van der Waals surface area contributed by atoms with Crippen molar-refractivity contribution in [3.8, 4) is 28.6 Å². The van der Waals surface area contributed by atoms with Crippen LogP contribution in [0.2, 0.25) is 0 Å². The first kappa shape index (κ1) is 19.6. The Morgan fingerprint density at radius 3 is 2.81 bits per heavy atom. The third-order valence-electron chi connectivity index (χ3n) is 4.90. The molecule has 0 unspecified atom stereocenters. The third kappa shape index (κ3) is 4.25. The van der Waals surface area contributed by atoms with Crippen molar-refractivity contribution < 1.29 is 18.6 Å². The number of thioether (sulfide) groups is 1. The second-order valence-electron chi connectivity index (χ2n) is 7.01. The van der Waals surface area contributed by atoms with Crippen LogP contribution in [0.3, 0.4) is 0 Å². The van der Waals surface area contributed by atoms with Crippen molar-refractivity contribution in [2.45, 2.75) is 17.8 Å². The summed E-state index contributed by atoms with van der Waals surface area (Å²) in [5, 5.41) is 9.71. The molecule has 3 heterocycles. The number of benzene rings is 2. The van der Waals surface area contributed by atoms with Gasteiger partial charge in [-0.25, -0.2) is 0 Å². The molecule has 7 nitrogen and oxygen atoms in total. The first-order valence-corrected chi connectivity index (χ1v) is 10.9. The van der Waals surface area contributed by atoms with Gasteiger partial charge in [0.25, 0.3) is 0 Å². The molecule has 2 aromatic heterocycles. The zero-order valence-corrected chi connectivity index (χ0v) is 17.7. The van der Waals surface area contributed by atoms with Crippen molar-refractivity contribution in [3.63, 3.8) is 0 Å². The van der Waals surface area contributed by atoms with Crippen LogP contribution >= 0.6 is 11.8 Å². The summed E-state index contributed by atoms with van der Waals surface area (Å²) in [5.41, 5.74) is 0.927. The van der Waals surface area contributed by atoms with Crippen LogP contribution in [0.5, 0.6) is 17.2 Å². The molecule has 0 amide bonds. The van der Waals surface area contributed by atoms with Crippen molar-refractivity contribution in [3.05, 3.63) is 72.7 Å². The molecule has 0 bridgehead atoms. The van der Waals surface area contributed by atoms with Crippen LogP contribution in [0.4, 0.5) is 0 Å². The number of fused-ring (bicyclic) bond motifs is 1. The van der Waals surface area contributed by atoms with E-state index in [0.29, 0.717) is 18.9 Å². The zero-order chi connectivity index (χ0) is 21.0. The number of ether oxygens (including phenoxy) is 3. The molecule has 5 rings (SSSR count). The van der Waals surface area contributed by atoms with E-state index in [2.05, 4.69) is 14.8 Å². The highest BCUT2D eigenvalue weighted by Crippen LogP contribution is 2.33. The predicted octanol–water partition coefficient (Wildman–Crippen LogP) is 4.53. The predicted molar refractivity (Wildman–Crippen MR) is 117 cm³/mol. The van der Waals surface area contributed by atoms with Crippen molar-refractivity contribution in [2.24, 2.45) is 0 Å². The Kier molecular flexibility index (Phi) is 5.54. The molecule has 1 aliphatic rings. The second kappa shape index (κ2) is 8.77. The fourth-order valence-electron chi connectivity index (χ4n) is 3.38. The maximum Gasteiger partial charge on any atom is 0.192 e. The first-order chi connectivity index (χ1) is 15.3. The number of methoxy groups -OCH3 is 1. The summed E-state index contributed by atoms with van der Waals surface area (Å²) in [6, 6.07) is 19.3. The minimum atomic E-state index is -0.0751. The highest BCUT2D eigenvalue weighted by atomic mass is 32.2. The molecule has 0 spiro atoms. The molecule has 0 saturated carbocycles.